The Balaban J connectivity index is 1.51. The average molecular weight is 470 g/mol. The second kappa shape index (κ2) is 7.83. The molecule has 9 nitrogen and oxygen atoms in total. The minimum atomic E-state index is -1.01. The lowest BCUT2D eigenvalue weighted by Crippen LogP contribution is -2.60. The number of aromatic nitrogens is 3. The van der Waals surface area contributed by atoms with Crippen molar-refractivity contribution in [2.75, 3.05) is 20.2 Å². The number of carbonyl (C=O) groups is 2. The highest BCUT2D eigenvalue weighted by Gasteiger charge is 2.56. The number of methoxy groups -OCH3 is 1. The fourth-order valence-electron chi connectivity index (χ4n) is 5.22. The van der Waals surface area contributed by atoms with E-state index in [4.69, 9.17) is 9.26 Å². The Morgan fingerprint density at radius 2 is 1.97 bits per heavy atom. The number of amides is 2. The molecular weight excluding hydrogens is 446 g/mol. The number of aryl methyl sites for hydroxylation is 1. The second-order valence-corrected chi connectivity index (χ2v) is 8.76. The number of hydrogen-bond acceptors (Lipinski definition) is 6. The van der Waals surface area contributed by atoms with Crippen LogP contribution in [0.25, 0.3) is 11.1 Å². The quantitative estimate of drug-likeness (QED) is 0.455. The largest absolute Gasteiger partial charge is 0.497 e. The first kappa shape index (κ1) is 21.2. The molecule has 0 saturated carbocycles. The topological polar surface area (TPSA) is 93.7 Å². The summed E-state index contributed by atoms with van der Waals surface area (Å²) in [6, 6.07) is 13.3. The van der Waals surface area contributed by atoms with Gasteiger partial charge in [0.1, 0.15) is 23.3 Å². The van der Waals surface area contributed by atoms with Crippen LogP contribution in [0.15, 0.2) is 71.8 Å². The van der Waals surface area contributed by atoms with E-state index >= 15 is 0 Å². The molecule has 4 aromatic rings. The zero-order valence-electron chi connectivity index (χ0n) is 19.3. The molecular formula is C26H23N5O4. The molecule has 0 N–H and O–H groups in total. The first-order chi connectivity index (χ1) is 17.0. The molecule has 6 rings (SSSR count). The van der Waals surface area contributed by atoms with Gasteiger partial charge in [-0.2, -0.15) is 0 Å². The lowest BCUT2D eigenvalue weighted by Gasteiger charge is -2.47. The van der Waals surface area contributed by atoms with Gasteiger partial charge in [-0.25, -0.2) is 0 Å². The van der Waals surface area contributed by atoms with Gasteiger partial charge in [-0.3, -0.25) is 14.6 Å². The normalized spacial score (nSPS) is 19.0. The van der Waals surface area contributed by atoms with Crippen LogP contribution in [0.1, 0.15) is 32.1 Å². The summed E-state index contributed by atoms with van der Waals surface area (Å²) in [4.78, 5) is 35.4. The third kappa shape index (κ3) is 3.08. The first-order valence-corrected chi connectivity index (χ1v) is 11.3. The summed E-state index contributed by atoms with van der Waals surface area (Å²) in [6.07, 6.45) is 6.82. The maximum Gasteiger partial charge on any atom is 0.272 e. The average Bonchev–Trinajstić information content (AvgIpc) is 3.62. The minimum Gasteiger partial charge on any atom is -0.497 e. The molecule has 9 heteroatoms. The maximum absolute atomic E-state index is 13.9. The van der Waals surface area contributed by atoms with E-state index < -0.39 is 5.66 Å². The molecule has 0 spiro atoms. The number of nitrogens with zero attached hydrogens (tertiary/aromatic N) is 5. The Morgan fingerprint density at radius 3 is 2.66 bits per heavy atom. The highest BCUT2D eigenvalue weighted by Crippen LogP contribution is 2.44. The van der Waals surface area contributed by atoms with Crippen molar-refractivity contribution in [3.63, 3.8) is 0 Å². The van der Waals surface area contributed by atoms with E-state index in [1.165, 1.54) is 6.26 Å². The van der Waals surface area contributed by atoms with E-state index in [-0.39, 0.29) is 11.8 Å². The number of pyridine rings is 1. The van der Waals surface area contributed by atoms with Gasteiger partial charge < -0.3 is 23.6 Å². The predicted molar refractivity (Wildman–Crippen MR) is 126 cm³/mol. The molecule has 1 aromatic carbocycles. The molecule has 0 bridgehead atoms. The van der Waals surface area contributed by atoms with Gasteiger partial charge in [0.15, 0.2) is 5.66 Å². The second-order valence-electron chi connectivity index (χ2n) is 8.76. The summed E-state index contributed by atoms with van der Waals surface area (Å²) in [6.45, 7) is 2.92. The zero-order valence-corrected chi connectivity index (χ0v) is 19.3. The summed E-state index contributed by atoms with van der Waals surface area (Å²) in [7, 11) is 1.61. The number of rotatable bonds is 4. The van der Waals surface area contributed by atoms with Crippen LogP contribution in [0.2, 0.25) is 0 Å². The third-order valence-electron chi connectivity index (χ3n) is 6.96. The van der Waals surface area contributed by atoms with Crippen molar-refractivity contribution in [2.45, 2.75) is 19.1 Å². The Bertz CT molecular complexity index is 1430. The standard InChI is InChI=1S/C26H23N5O4/c1-17-22(15-35-28-17)24(32)30-10-11-31-25(33)23-12-19(18-4-3-9-27-13-18)14-29(23)16-26(30,31)20-5-7-21(34-2)8-6-20/h3-9,12-15H,10-11,16H2,1-2H3. The van der Waals surface area contributed by atoms with Crippen molar-refractivity contribution in [3.8, 4) is 16.9 Å². The summed E-state index contributed by atoms with van der Waals surface area (Å²) in [5.41, 5.74) is 3.14. The molecule has 2 aliphatic heterocycles. The van der Waals surface area contributed by atoms with Gasteiger partial charge in [-0.15, -0.1) is 0 Å². The van der Waals surface area contributed by atoms with Crippen LogP contribution in [0.3, 0.4) is 0 Å². The van der Waals surface area contributed by atoms with E-state index in [1.807, 2.05) is 53.2 Å². The van der Waals surface area contributed by atoms with Gasteiger partial charge in [0.2, 0.25) is 0 Å². The molecule has 1 saturated heterocycles. The number of fused-ring (bicyclic) bond motifs is 2. The van der Waals surface area contributed by atoms with Crippen LogP contribution in [0.5, 0.6) is 5.75 Å². The Hall–Kier alpha value is -4.40. The highest BCUT2D eigenvalue weighted by molar-refractivity contribution is 5.99. The number of benzene rings is 1. The fourth-order valence-corrected chi connectivity index (χ4v) is 5.22. The molecule has 1 atom stereocenters. The molecule has 0 aliphatic carbocycles. The Kier molecular flexibility index (Phi) is 4.73. The number of hydrogen-bond donors (Lipinski definition) is 0. The Morgan fingerprint density at radius 1 is 1.14 bits per heavy atom. The molecule has 35 heavy (non-hydrogen) atoms. The van der Waals surface area contributed by atoms with E-state index in [9.17, 15) is 9.59 Å². The molecule has 176 valence electrons. The number of ether oxygens (including phenoxy) is 1. The lowest BCUT2D eigenvalue weighted by atomic mass is 9.93. The fraction of sp³-hybridized carbons (Fsp3) is 0.231. The predicted octanol–water partition coefficient (Wildman–Crippen LogP) is 3.32. The van der Waals surface area contributed by atoms with Crippen molar-refractivity contribution >= 4 is 11.8 Å². The molecule has 1 fully saturated rings. The van der Waals surface area contributed by atoms with E-state index in [0.29, 0.717) is 42.3 Å². The van der Waals surface area contributed by atoms with Crippen LogP contribution in [-0.2, 0) is 12.2 Å². The van der Waals surface area contributed by atoms with Crippen molar-refractivity contribution in [1.29, 1.82) is 0 Å². The monoisotopic (exact) mass is 469 g/mol. The van der Waals surface area contributed by atoms with Gasteiger partial charge in [0.05, 0.1) is 19.3 Å². The van der Waals surface area contributed by atoms with Crippen LogP contribution in [0.4, 0.5) is 0 Å². The van der Waals surface area contributed by atoms with Gasteiger partial charge in [-0.1, -0.05) is 23.4 Å². The molecule has 2 aliphatic rings. The molecule has 3 aromatic heterocycles. The summed E-state index contributed by atoms with van der Waals surface area (Å²) >= 11 is 0. The van der Waals surface area contributed by atoms with E-state index in [2.05, 4.69) is 10.1 Å². The first-order valence-electron chi connectivity index (χ1n) is 11.3. The van der Waals surface area contributed by atoms with Crippen molar-refractivity contribution in [3.05, 3.63) is 89.8 Å². The van der Waals surface area contributed by atoms with Gasteiger partial charge in [0.25, 0.3) is 11.8 Å². The van der Waals surface area contributed by atoms with Crippen LogP contribution in [-0.4, -0.2) is 56.5 Å². The van der Waals surface area contributed by atoms with Gasteiger partial charge >= 0.3 is 0 Å². The highest BCUT2D eigenvalue weighted by atomic mass is 16.5. The van der Waals surface area contributed by atoms with Crippen LogP contribution < -0.4 is 4.74 Å². The van der Waals surface area contributed by atoms with Gasteiger partial charge in [0, 0.05) is 48.4 Å². The zero-order chi connectivity index (χ0) is 24.2. The summed E-state index contributed by atoms with van der Waals surface area (Å²) < 4.78 is 12.3. The molecule has 5 heterocycles. The summed E-state index contributed by atoms with van der Waals surface area (Å²) in [5, 5.41) is 3.89. The maximum atomic E-state index is 13.9. The number of carbonyl (C=O) groups excluding carboxylic acids is 2. The SMILES string of the molecule is COc1ccc(C23Cn4cc(-c5cccnc5)cc4C(=O)N2CCN3C(=O)c2conc2C)cc1. The van der Waals surface area contributed by atoms with Crippen molar-refractivity contribution in [2.24, 2.45) is 0 Å². The van der Waals surface area contributed by atoms with E-state index in [0.717, 1.165) is 16.7 Å². The van der Waals surface area contributed by atoms with Gasteiger partial charge in [-0.05, 0) is 31.2 Å². The molecule has 2 amide bonds. The molecule has 1 unspecified atom stereocenters. The van der Waals surface area contributed by atoms with Crippen LogP contribution in [0, 0.1) is 6.92 Å². The minimum absolute atomic E-state index is 0.125. The van der Waals surface area contributed by atoms with Crippen LogP contribution >= 0.6 is 0 Å². The smallest absolute Gasteiger partial charge is 0.272 e. The lowest BCUT2D eigenvalue weighted by molar-refractivity contribution is -0.00597. The van der Waals surface area contributed by atoms with E-state index in [1.54, 1.807) is 36.2 Å². The third-order valence-corrected chi connectivity index (χ3v) is 6.96. The van der Waals surface area contributed by atoms with Crippen molar-refractivity contribution in [1.82, 2.24) is 24.5 Å². The summed E-state index contributed by atoms with van der Waals surface area (Å²) in [5.74, 6) is 0.350. The Labute approximate surface area is 201 Å². The molecule has 0 radical (unpaired) electrons. The van der Waals surface area contributed by atoms with Crippen molar-refractivity contribution < 1.29 is 18.8 Å².